The number of nitrogens with one attached hydrogen (secondary N) is 1. The van der Waals surface area contributed by atoms with Crippen molar-refractivity contribution in [1.29, 1.82) is 0 Å². The van der Waals surface area contributed by atoms with E-state index in [-0.39, 0.29) is 11.7 Å². The maximum atomic E-state index is 12.4. The lowest BCUT2D eigenvalue weighted by Crippen LogP contribution is -2.30. The van der Waals surface area contributed by atoms with Gasteiger partial charge >= 0.3 is 0 Å². The molecule has 0 aliphatic carbocycles. The normalized spacial score (nSPS) is 11.5. The first-order valence-corrected chi connectivity index (χ1v) is 8.83. The van der Waals surface area contributed by atoms with E-state index in [1.54, 1.807) is 67.6 Å². The number of amides is 1. The van der Waals surface area contributed by atoms with E-state index in [4.69, 9.17) is 16.3 Å². The zero-order chi connectivity index (χ0) is 19.2. The Balaban J connectivity index is 1.61. The zero-order valence-electron chi connectivity index (χ0n) is 14.7. The standard InChI is InChI=1S/C22H18ClNO3/c1-15(22(26)24-19-11-9-18(23)10-12-19)27-20-13-7-17(8-14-20)21(25)16-5-3-2-4-6-16/h2-15H,1H3,(H,24,26)/t15-/m0/s1. The smallest absolute Gasteiger partial charge is 0.265 e. The summed E-state index contributed by atoms with van der Waals surface area (Å²) in [6.07, 6.45) is -0.698. The Hall–Kier alpha value is -3.11. The molecule has 0 spiro atoms. The number of carbonyl (C=O) groups is 2. The fraction of sp³-hybridized carbons (Fsp3) is 0.0909. The Morgan fingerprint density at radius 2 is 1.44 bits per heavy atom. The first kappa shape index (κ1) is 18.7. The van der Waals surface area contributed by atoms with Gasteiger partial charge in [-0.2, -0.15) is 0 Å². The topological polar surface area (TPSA) is 55.4 Å². The van der Waals surface area contributed by atoms with Gasteiger partial charge in [0.1, 0.15) is 5.75 Å². The maximum Gasteiger partial charge on any atom is 0.265 e. The number of hydrogen-bond acceptors (Lipinski definition) is 3. The van der Waals surface area contributed by atoms with Crippen LogP contribution < -0.4 is 10.1 Å². The van der Waals surface area contributed by atoms with Crippen LogP contribution in [0.25, 0.3) is 0 Å². The molecule has 0 saturated heterocycles. The largest absolute Gasteiger partial charge is 0.481 e. The molecule has 0 radical (unpaired) electrons. The van der Waals surface area contributed by atoms with Crippen molar-refractivity contribution in [2.24, 2.45) is 0 Å². The van der Waals surface area contributed by atoms with Gasteiger partial charge in [-0.1, -0.05) is 41.9 Å². The van der Waals surface area contributed by atoms with Crippen LogP contribution in [0.3, 0.4) is 0 Å². The van der Waals surface area contributed by atoms with Gasteiger partial charge in [0.25, 0.3) is 5.91 Å². The maximum absolute atomic E-state index is 12.4. The Morgan fingerprint density at radius 3 is 2.07 bits per heavy atom. The Bertz CT molecular complexity index is 922. The lowest BCUT2D eigenvalue weighted by molar-refractivity contribution is -0.122. The van der Waals surface area contributed by atoms with Crippen molar-refractivity contribution in [3.05, 3.63) is 95.0 Å². The van der Waals surface area contributed by atoms with Gasteiger partial charge in [-0.3, -0.25) is 9.59 Å². The van der Waals surface area contributed by atoms with Crippen LogP contribution in [0.5, 0.6) is 5.75 Å². The minimum atomic E-state index is -0.698. The average Bonchev–Trinajstić information content (AvgIpc) is 2.70. The zero-order valence-corrected chi connectivity index (χ0v) is 15.4. The van der Waals surface area contributed by atoms with Gasteiger partial charge in [0.15, 0.2) is 11.9 Å². The molecule has 27 heavy (non-hydrogen) atoms. The summed E-state index contributed by atoms with van der Waals surface area (Å²) in [4.78, 5) is 24.6. The quantitative estimate of drug-likeness (QED) is 0.615. The summed E-state index contributed by atoms with van der Waals surface area (Å²) in [5, 5.41) is 3.36. The highest BCUT2D eigenvalue weighted by Crippen LogP contribution is 2.18. The summed E-state index contributed by atoms with van der Waals surface area (Å²) < 4.78 is 5.66. The Morgan fingerprint density at radius 1 is 0.852 bits per heavy atom. The summed E-state index contributed by atoms with van der Waals surface area (Å²) in [6, 6.07) is 22.6. The molecule has 0 saturated carbocycles. The first-order chi connectivity index (χ1) is 13.0. The Kier molecular flexibility index (Phi) is 5.89. The number of ketones is 1. The molecular weight excluding hydrogens is 362 g/mol. The van der Waals surface area contributed by atoms with Crippen molar-refractivity contribution >= 4 is 29.0 Å². The van der Waals surface area contributed by atoms with Crippen molar-refractivity contribution in [3.8, 4) is 5.75 Å². The molecule has 0 fully saturated rings. The second kappa shape index (κ2) is 8.52. The van der Waals surface area contributed by atoms with E-state index in [1.165, 1.54) is 0 Å². The second-order valence-corrected chi connectivity index (χ2v) is 6.41. The van der Waals surface area contributed by atoms with Crippen molar-refractivity contribution in [1.82, 2.24) is 0 Å². The van der Waals surface area contributed by atoms with Crippen LogP contribution >= 0.6 is 11.6 Å². The third-order valence-corrected chi connectivity index (χ3v) is 4.20. The summed E-state index contributed by atoms with van der Waals surface area (Å²) >= 11 is 5.83. The number of anilines is 1. The van der Waals surface area contributed by atoms with Crippen molar-refractivity contribution in [2.45, 2.75) is 13.0 Å². The minimum Gasteiger partial charge on any atom is -0.481 e. The highest BCUT2D eigenvalue weighted by atomic mass is 35.5. The lowest BCUT2D eigenvalue weighted by Gasteiger charge is -2.15. The minimum absolute atomic E-state index is 0.0596. The molecule has 0 aliphatic heterocycles. The van der Waals surface area contributed by atoms with Gasteiger partial charge in [-0.05, 0) is 55.5 Å². The fourth-order valence-electron chi connectivity index (χ4n) is 2.48. The van der Waals surface area contributed by atoms with Crippen LogP contribution in [0.15, 0.2) is 78.9 Å². The molecule has 0 aliphatic rings. The highest BCUT2D eigenvalue weighted by Gasteiger charge is 2.15. The molecule has 4 nitrogen and oxygen atoms in total. The summed E-state index contributed by atoms with van der Waals surface area (Å²) in [5.41, 5.74) is 1.83. The van der Waals surface area contributed by atoms with Crippen LogP contribution in [0.4, 0.5) is 5.69 Å². The summed E-state index contributed by atoms with van der Waals surface area (Å²) in [7, 11) is 0. The highest BCUT2D eigenvalue weighted by molar-refractivity contribution is 6.30. The number of benzene rings is 3. The van der Waals surface area contributed by atoms with Gasteiger partial charge < -0.3 is 10.1 Å². The monoisotopic (exact) mass is 379 g/mol. The molecule has 0 heterocycles. The number of halogens is 1. The predicted molar refractivity (Wildman–Crippen MR) is 106 cm³/mol. The summed E-state index contributed by atoms with van der Waals surface area (Å²) in [6.45, 7) is 1.66. The molecule has 1 amide bonds. The average molecular weight is 380 g/mol. The van der Waals surface area contributed by atoms with Gasteiger partial charge in [-0.25, -0.2) is 0 Å². The molecule has 0 unspecified atom stereocenters. The third-order valence-electron chi connectivity index (χ3n) is 3.95. The van der Waals surface area contributed by atoms with Crippen LogP contribution in [0.1, 0.15) is 22.8 Å². The molecule has 136 valence electrons. The van der Waals surface area contributed by atoms with E-state index in [9.17, 15) is 9.59 Å². The Labute approximate surface area is 162 Å². The number of ether oxygens (including phenoxy) is 1. The van der Waals surface area contributed by atoms with E-state index in [1.807, 2.05) is 18.2 Å². The number of rotatable bonds is 6. The van der Waals surface area contributed by atoms with Crippen LogP contribution in [0.2, 0.25) is 5.02 Å². The molecule has 3 aromatic rings. The van der Waals surface area contributed by atoms with Gasteiger partial charge in [0.05, 0.1) is 0 Å². The van der Waals surface area contributed by atoms with E-state index in [2.05, 4.69) is 5.32 Å². The lowest BCUT2D eigenvalue weighted by atomic mass is 10.0. The van der Waals surface area contributed by atoms with Gasteiger partial charge in [0.2, 0.25) is 0 Å². The first-order valence-electron chi connectivity index (χ1n) is 8.46. The second-order valence-electron chi connectivity index (χ2n) is 5.98. The van der Waals surface area contributed by atoms with Crippen molar-refractivity contribution in [3.63, 3.8) is 0 Å². The number of hydrogen-bond donors (Lipinski definition) is 1. The van der Waals surface area contributed by atoms with Gasteiger partial charge in [0, 0.05) is 21.8 Å². The molecule has 3 rings (SSSR count). The van der Waals surface area contributed by atoms with Crippen LogP contribution in [-0.2, 0) is 4.79 Å². The molecule has 1 N–H and O–H groups in total. The van der Waals surface area contributed by atoms with Crippen molar-refractivity contribution < 1.29 is 14.3 Å². The summed E-state index contributed by atoms with van der Waals surface area (Å²) in [5.74, 6) is 0.177. The molecule has 0 bridgehead atoms. The predicted octanol–water partition coefficient (Wildman–Crippen LogP) is 4.98. The van der Waals surface area contributed by atoms with Gasteiger partial charge in [-0.15, -0.1) is 0 Å². The van der Waals surface area contributed by atoms with Crippen LogP contribution in [0, 0.1) is 0 Å². The number of carbonyl (C=O) groups excluding carboxylic acids is 2. The van der Waals surface area contributed by atoms with E-state index >= 15 is 0 Å². The SMILES string of the molecule is C[C@H](Oc1ccc(C(=O)c2ccccc2)cc1)C(=O)Nc1ccc(Cl)cc1. The van der Waals surface area contributed by atoms with Crippen LogP contribution in [-0.4, -0.2) is 17.8 Å². The van der Waals surface area contributed by atoms with E-state index in [0.717, 1.165) is 0 Å². The molecule has 3 aromatic carbocycles. The van der Waals surface area contributed by atoms with Crippen molar-refractivity contribution in [2.75, 3.05) is 5.32 Å². The third kappa shape index (κ3) is 4.96. The fourth-order valence-corrected chi connectivity index (χ4v) is 2.60. The van der Waals surface area contributed by atoms with E-state index < -0.39 is 6.10 Å². The molecular formula is C22H18ClNO3. The molecule has 0 aromatic heterocycles. The molecule has 5 heteroatoms. The van der Waals surface area contributed by atoms with E-state index in [0.29, 0.717) is 27.6 Å². The molecule has 1 atom stereocenters.